The molecule has 2 bridgehead atoms. The number of piperazine rings is 1. The maximum absolute atomic E-state index is 12.6. The van der Waals surface area contributed by atoms with Crippen molar-refractivity contribution in [2.45, 2.75) is 25.0 Å². The lowest BCUT2D eigenvalue weighted by Crippen LogP contribution is -3.12. The summed E-state index contributed by atoms with van der Waals surface area (Å²) < 4.78 is 5.62. The van der Waals surface area contributed by atoms with Crippen LogP contribution < -0.4 is 10.0 Å². The van der Waals surface area contributed by atoms with Gasteiger partial charge >= 0.3 is 0 Å². The highest BCUT2D eigenvalue weighted by atomic mass is 16.5. The first-order valence-electron chi connectivity index (χ1n) is 7.04. The number of quaternary nitrogens is 1. The summed E-state index contributed by atoms with van der Waals surface area (Å²) in [5.74, 6) is -2.46. The summed E-state index contributed by atoms with van der Waals surface area (Å²) in [6.45, 7) is 3.25. The maximum atomic E-state index is 12.6. The largest absolute Gasteiger partial charge is 0.550 e. The van der Waals surface area contributed by atoms with E-state index in [4.69, 9.17) is 4.74 Å². The first-order valence-corrected chi connectivity index (χ1v) is 7.04. The molecule has 0 saturated carbocycles. The number of ether oxygens (including phenoxy) is 1. The lowest BCUT2D eigenvalue weighted by molar-refractivity contribution is -0.883. The zero-order chi connectivity index (χ0) is 13.6. The number of carboxylic acid groups (broad SMARTS) is 1. The van der Waals surface area contributed by atoms with Crippen molar-refractivity contribution in [3.05, 3.63) is 0 Å². The molecule has 0 aromatic carbocycles. The van der Waals surface area contributed by atoms with Crippen LogP contribution in [-0.2, 0) is 14.3 Å². The molecule has 106 valence electrons. The van der Waals surface area contributed by atoms with E-state index in [-0.39, 0.29) is 18.1 Å². The summed E-state index contributed by atoms with van der Waals surface area (Å²) in [6, 6.07) is 0. The van der Waals surface area contributed by atoms with Crippen LogP contribution in [0.3, 0.4) is 0 Å². The second-order valence-corrected chi connectivity index (χ2v) is 5.94. The van der Waals surface area contributed by atoms with Gasteiger partial charge in [0.2, 0.25) is 5.91 Å². The van der Waals surface area contributed by atoms with Crippen LogP contribution in [0.25, 0.3) is 0 Å². The minimum Gasteiger partial charge on any atom is -0.550 e. The number of carbonyl (C=O) groups is 2. The van der Waals surface area contributed by atoms with E-state index in [1.165, 1.54) is 4.90 Å². The highest BCUT2D eigenvalue weighted by molar-refractivity contribution is 5.86. The average Bonchev–Trinajstić information content (AvgIpc) is 2.98. The molecule has 6 nitrogen and oxygen atoms in total. The van der Waals surface area contributed by atoms with E-state index in [9.17, 15) is 14.7 Å². The van der Waals surface area contributed by atoms with Gasteiger partial charge in [0, 0.05) is 11.9 Å². The van der Waals surface area contributed by atoms with Gasteiger partial charge in [0.05, 0.1) is 51.4 Å². The summed E-state index contributed by atoms with van der Waals surface area (Å²) in [4.78, 5) is 27.0. The fourth-order valence-corrected chi connectivity index (χ4v) is 3.61. The SMILES string of the molecule is C[NH+]1CCN(C(=O)[C@@H]2[C@@H](C(=O)[O-])[C@@H]3CC[C@H]2O3)CC1. The molecule has 1 N–H and O–H groups in total. The van der Waals surface area contributed by atoms with Crippen LogP contribution in [0.1, 0.15) is 12.8 Å². The van der Waals surface area contributed by atoms with E-state index in [2.05, 4.69) is 7.05 Å². The molecule has 0 aliphatic carbocycles. The Bertz CT molecular complexity index is 392. The number of aliphatic carboxylic acids is 1. The Morgan fingerprint density at radius 3 is 2.32 bits per heavy atom. The van der Waals surface area contributed by atoms with Crippen LogP contribution >= 0.6 is 0 Å². The number of hydrogen-bond acceptors (Lipinski definition) is 4. The molecule has 6 heteroatoms. The second kappa shape index (κ2) is 4.76. The highest BCUT2D eigenvalue weighted by Gasteiger charge is 2.53. The normalized spacial score (nSPS) is 38.7. The van der Waals surface area contributed by atoms with Gasteiger partial charge in [-0.2, -0.15) is 0 Å². The minimum atomic E-state index is -1.13. The van der Waals surface area contributed by atoms with E-state index >= 15 is 0 Å². The van der Waals surface area contributed by atoms with Gasteiger partial charge in [-0.05, 0) is 12.8 Å². The molecule has 0 aromatic rings. The number of amides is 1. The molecular formula is C13H20N2O4. The van der Waals surface area contributed by atoms with E-state index in [1.807, 2.05) is 0 Å². The molecule has 4 atom stereocenters. The van der Waals surface area contributed by atoms with Crippen LogP contribution in [0, 0.1) is 11.8 Å². The zero-order valence-corrected chi connectivity index (χ0v) is 11.1. The Morgan fingerprint density at radius 2 is 1.74 bits per heavy atom. The number of fused-ring (bicyclic) bond motifs is 2. The molecule has 0 spiro atoms. The van der Waals surface area contributed by atoms with Crippen molar-refractivity contribution in [2.24, 2.45) is 11.8 Å². The number of carbonyl (C=O) groups excluding carboxylic acids is 2. The number of carboxylic acids is 1. The maximum Gasteiger partial charge on any atom is 0.229 e. The van der Waals surface area contributed by atoms with Crippen molar-refractivity contribution < 1.29 is 24.3 Å². The van der Waals surface area contributed by atoms with Crippen LogP contribution in [0.5, 0.6) is 0 Å². The molecule has 0 unspecified atom stereocenters. The third-order valence-corrected chi connectivity index (χ3v) is 4.76. The predicted octanol–water partition coefficient (Wildman–Crippen LogP) is -3.11. The number of hydrogen-bond donors (Lipinski definition) is 1. The van der Waals surface area contributed by atoms with Crippen molar-refractivity contribution in [1.82, 2.24) is 4.90 Å². The molecule has 3 saturated heterocycles. The molecule has 3 aliphatic heterocycles. The Labute approximate surface area is 112 Å². The lowest BCUT2D eigenvalue weighted by atomic mass is 9.78. The van der Waals surface area contributed by atoms with Crippen LogP contribution in [-0.4, -0.2) is 62.2 Å². The van der Waals surface area contributed by atoms with Gasteiger partial charge in [0.1, 0.15) is 0 Å². The topological polar surface area (TPSA) is 74.1 Å². The molecule has 0 aromatic heterocycles. The van der Waals surface area contributed by atoms with Gasteiger partial charge in [-0.3, -0.25) is 4.79 Å². The Kier molecular flexibility index (Phi) is 3.22. The molecule has 3 aliphatic rings. The molecule has 0 radical (unpaired) electrons. The van der Waals surface area contributed by atoms with Gasteiger partial charge < -0.3 is 24.4 Å². The fraction of sp³-hybridized carbons (Fsp3) is 0.846. The summed E-state index contributed by atoms with van der Waals surface area (Å²) in [6.07, 6.45) is 0.999. The van der Waals surface area contributed by atoms with E-state index in [0.717, 1.165) is 25.9 Å². The van der Waals surface area contributed by atoms with Gasteiger partial charge in [0.25, 0.3) is 0 Å². The van der Waals surface area contributed by atoms with Crippen molar-refractivity contribution in [3.8, 4) is 0 Å². The summed E-state index contributed by atoms with van der Waals surface area (Å²) in [5.41, 5.74) is 0. The number of likely N-dealkylation sites (N-methyl/N-ethyl adjacent to an activating group) is 1. The number of nitrogens with zero attached hydrogens (tertiary/aromatic N) is 1. The number of nitrogens with one attached hydrogen (secondary N) is 1. The average molecular weight is 268 g/mol. The standard InChI is InChI=1S/C13H20N2O4/c1-14-4-6-15(7-5-14)12(16)10-8-2-3-9(19-8)11(10)13(17)18/h8-11H,2-7H2,1H3,(H,17,18)/t8-,9+,10+,11+/m1/s1. The Hall–Kier alpha value is -1.14. The van der Waals surface area contributed by atoms with Crippen LogP contribution in [0.15, 0.2) is 0 Å². The van der Waals surface area contributed by atoms with E-state index < -0.39 is 17.8 Å². The van der Waals surface area contributed by atoms with Gasteiger partial charge in [0.15, 0.2) is 0 Å². The van der Waals surface area contributed by atoms with Crippen molar-refractivity contribution in [1.29, 1.82) is 0 Å². The van der Waals surface area contributed by atoms with Gasteiger partial charge in [-0.15, -0.1) is 0 Å². The quantitative estimate of drug-likeness (QED) is 0.575. The molecular weight excluding hydrogens is 248 g/mol. The van der Waals surface area contributed by atoms with Crippen LogP contribution in [0.4, 0.5) is 0 Å². The minimum absolute atomic E-state index is 0.0473. The summed E-state index contributed by atoms with van der Waals surface area (Å²) in [5, 5.41) is 11.3. The predicted molar refractivity (Wildman–Crippen MR) is 63.1 cm³/mol. The Morgan fingerprint density at radius 1 is 1.16 bits per heavy atom. The smallest absolute Gasteiger partial charge is 0.229 e. The fourth-order valence-electron chi connectivity index (χ4n) is 3.61. The third-order valence-electron chi connectivity index (χ3n) is 4.76. The van der Waals surface area contributed by atoms with Crippen molar-refractivity contribution in [3.63, 3.8) is 0 Å². The molecule has 3 heterocycles. The van der Waals surface area contributed by atoms with Gasteiger partial charge in [-0.1, -0.05) is 0 Å². The molecule has 19 heavy (non-hydrogen) atoms. The third kappa shape index (κ3) is 2.12. The van der Waals surface area contributed by atoms with E-state index in [0.29, 0.717) is 13.1 Å². The van der Waals surface area contributed by atoms with Crippen LogP contribution in [0.2, 0.25) is 0 Å². The second-order valence-electron chi connectivity index (χ2n) is 5.94. The summed E-state index contributed by atoms with van der Waals surface area (Å²) >= 11 is 0. The first kappa shape index (κ1) is 12.9. The lowest BCUT2D eigenvalue weighted by Gasteiger charge is -2.35. The van der Waals surface area contributed by atoms with Crippen molar-refractivity contribution in [2.75, 3.05) is 33.2 Å². The number of rotatable bonds is 2. The van der Waals surface area contributed by atoms with Crippen molar-refractivity contribution >= 4 is 11.9 Å². The van der Waals surface area contributed by atoms with Gasteiger partial charge in [-0.25, -0.2) is 0 Å². The molecule has 3 fully saturated rings. The van der Waals surface area contributed by atoms with E-state index in [1.54, 1.807) is 4.90 Å². The zero-order valence-electron chi connectivity index (χ0n) is 11.1. The monoisotopic (exact) mass is 268 g/mol. The molecule has 1 amide bonds. The Balaban J connectivity index is 1.73. The molecule has 3 rings (SSSR count). The highest BCUT2D eigenvalue weighted by Crippen LogP contribution is 2.44. The summed E-state index contributed by atoms with van der Waals surface area (Å²) in [7, 11) is 2.10. The first-order chi connectivity index (χ1) is 9.08.